The maximum absolute atomic E-state index is 12.1. The lowest BCUT2D eigenvalue weighted by Crippen LogP contribution is -2.49. The van der Waals surface area contributed by atoms with Gasteiger partial charge in [0.25, 0.3) is 0 Å². The van der Waals surface area contributed by atoms with Crippen molar-refractivity contribution < 1.29 is 22.7 Å². The fraction of sp³-hybridized carbons (Fsp3) is 0.556. The SMILES string of the molecule is CC(C)COC(=O)N1CCN(CCC(=O)Nc2ccc(S(N)(=O)=O)cc2)CC1. The van der Waals surface area contributed by atoms with Gasteiger partial charge in [-0.15, -0.1) is 0 Å². The van der Waals surface area contributed by atoms with Crippen molar-refractivity contribution in [2.45, 2.75) is 25.2 Å². The van der Waals surface area contributed by atoms with Crippen LogP contribution in [-0.2, 0) is 19.6 Å². The molecule has 2 rings (SSSR count). The summed E-state index contributed by atoms with van der Waals surface area (Å²) in [6.07, 6.45) is 0.0170. The van der Waals surface area contributed by atoms with Crippen LogP contribution in [0.25, 0.3) is 0 Å². The second-order valence-electron chi connectivity index (χ2n) is 7.17. The van der Waals surface area contributed by atoms with Gasteiger partial charge >= 0.3 is 6.09 Å². The van der Waals surface area contributed by atoms with Gasteiger partial charge in [0, 0.05) is 44.8 Å². The van der Waals surface area contributed by atoms with Gasteiger partial charge in [-0.3, -0.25) is 9.69 Å². The molecule has 0 saturated carbocycles. The molecule has 1 fully saturated rings. The molecule has 0 unspecified atom stereocenters. The number of amides is 2. The van der Waals surface area contributed by atoms with E-state index in [4.69, 9.17) is 9.88 Å². The number of primary sulfonamides is 1. The Hall–Kier alpha value is -2.17. The summed E-state index contributed by atoms with van der Waals surface area (Å²) in [5.41, 5.74) is 0.509. The van der Waals surface area contributed by atoms with Gasteiger partial charge in [-0.2, -0.15) is 0 Å². The molecule has 0 aromatic heterocycles. The first-order valence-electron chi connectivity index (χ1n) is 9.22. The molecule has 28 heavy (non-hydrogen) atoms. The van der Waals surface area contributed by atoms with Crippen LogP contribution < -0.4 is 10.5 Å². The van der Waals surface area contributed by atoms with E-state index in [2.05, 4.69) is 10.2 Å². The van der Waals surface area contributed by atoms with Crippen molar-refractivity contribution in [3.8, 4) is 0 Å². The molecule has 1 aliphatic heterocycles. The molecule has 0 spiro atoms. The zero-order chi connectivity index (χ0) is 20.7. The van der Waals surface area contributed by atoms with Gasteiger partial charge in [0.2, 0.25) is 15.9 Å². The van der Waals surface area contributed by atoms with E-state index in [9.17, 15) is 18.0 Å². The molecule has 2 amide bonds. The molecule has 1 saturated heterocycles. The summed E-state index contributed by atoms with van der Waals surface area (Å²) < 4.78 is 27.7. The number of rotatable bonds is 7. The fourth-order valence-corrected chi connectivity index (χ4v) is 3.21. The van der Waals surface area contributed by atoms with Crippen LogP contribution in [0.4, 0.5) is 10.5 Å². The lowest BCUT2D eigenvalue weighted by atomic mass is 10.2. The lowest BCUT2D eigenvalue weighted by molar-refractivity contribution is -0.116. The average Bonchev–Trinajstić information content (AvgIpc) is 2.64. The van der Waals surface area contributed by atoms with Crippen molar-refractivity contribution in [3.05, 3.63) is 24.3 Å². The van der Waals surface area contributed by atoms with Gasteiger partial charge in [0.1, 0.15) is 0 Å². The number of carbonyl (C=O) groups excluding carboxylic acids is 2. The number of benzene rings is 1. The minimum Gasteiger partial charge on any atom is -0.449 e. The second kappa shape index (κ2) is 9.85. The standard InChI is InChI=1S/C18H28N4O5S/c1-14(2)13-27-18(24)22-11-9-21(10-12-22)8-7-17(23)20-15-3-5-16(6-4-15)28(19,25)26/h3-6,14H,7-13H2,1-2H3,(H,20,23)(H2,19,25,26). The van der Waals surface area contributed by atoms with E-state index < -0.39 is 10.0 Å². The first-order chi connectivity index (χ1) is 13.1. The highest BCUT2D eigenvalue weighted by molar-refractivity contribution is 7.89. The van der Waals surface area contributed by atoms with Crippen molar-refractivity contribution in [2.24, 2.45) is 11.1 Å². The minimum atomic E-state index is -3.75. The quantitative estimate of drug-likeness (QED) is 0.691. The lowest BCUT2D eigenvalue weighted by Gasteiger charge is -2.34. The molecule has 10 heteroatoms. The Morgan fingerprint density at radius 3 is 2.29 bits per heavy atom. The van der Waals surface area contributed by atoms with Crippen molar-refractivity contribution in [2.75, 3.05) is 44.6 Å². The Bertz CT molecular complexity index is 772. The molecular weight excluding hydrogens is 384 g/mol. The molecule has 3 N–H and O–H groups in total. The monoisotopic (exact) mass is 412 g/mol. The largest absolute Gasteiger partial charge is 0.449 e. The van der Waals surface area contributed by atoms with E-state index in [0.29, 0.717) is 57.4 Å². The number of carbonyl (C=O) groups is 2. The smallest absolute Gasteiger partial charge is 0.409 e. The fourth-order valence-electron chi connectivity index (χ4n) is 2.69. The molecule has 156 valence electrons. The molecule has 0 atom stereocenters. The van der Waals surface area contributed by atoms with E-state index in [0.717, 1.165) is 0 Å². The van der Waals surface area contributed by atoms with Crippen molar-refractivity contribution >= 4 is 27.7 Å². The van der Waals surface area contributed by atoms with Crippen LogP contribution in [0.5, 0.6) is 0 Å². The number of anilines is 1. The Morgan fingerprint density at radius 2 is 1.75 bits per heavy atom. The third-order valence-corrected chi connectivity index (χ3v) is 5.22. The van der Waals surface area contributed by atoms with Crippen LogP contribution >= 0.6 is 0 Å². The number of sulfonamides is 1. The van der Waals surface area contributed by atoms with Gasteiger partial charge in [-0.25, -0.2) is 18.4 Å². The number of nitrogens with zero attached hydrogens (tertiary/aromatic N) is 2. The van der Waals surface area contributed by atoms with Crippen LogP contribution in [0.15, 0.2) is 29.2 Å². The Morgan fingerprint density at radius 1 is 1.14 bits per heavy atom. The summed E-state index contributed by atoms with van der Waals surface area (Å²) in [6, 6.07) is 5.70. The molecule has 1 aromatic carbocycles. The second-order valence-corrected chi connectivity index (χ2v) is 8.73. The predicted octanol–water partition coefficient (Wildman–Crippen LogP) is 1.07. The van der Waals surface area contributed by atoms with Crippen molar-refractivity contribution in [1.82, 2.24) is 9.80 Å². The van der Waals surface area contributed by atoms with E-state index in [1.165, 1.54) is 24.3 Å². The van der Waals surface area contributed by atoms with Crippen molar-refractivity contribution in [1.29, 1.82) is 0 Å². The van der Waals surface area contributed by atoms with Crippen molar-refractivity contribution in [3.63, 3.8) is 0 Å². The van der Waals surface area contributed by atoms with Gasteiger partial charge < -0.3 is 15.0 Å². The summed E-state index contributed by atoms with van der Waals surface area (Å²) in [4.78, 5) is 27.8. The molecule has 1 aliphatic rings. The molecule has 9 nitrogen and oxygen atoms in total. The zero-order valence-electron chi connectivity index (χ0n) is 16.3. The van der Waals surface area contributed by atoms with E-state index in [1.807, 2.05) is 13.8 Å². The van der Waals surface area contributed by atoms with Gasteiger partial charge in [0.05, 0.1) is 11.5 Å². The number of hydrogen-bond acceptors (Lipinski definition) is 6. The van der Waals surface area contributed by atoms with E-state index >= 15 is 0 Å². The molecule has 1 heterocycles. The first kappa shape index (κ1) is 22.1. The van der Waals surface area contributed by atoms with Crippen LogP contribution in [-0.4, -0.2) is 69.5 Å². The maximum Gasteiger partial charge on any atom is 0.409 e. The summed E-state index contributed by atoms with van der Waals surface area (Å²) in [7, 11) is -3.75. The number of piperazine rings is 1. The van der Waals surface area contributed by atoms with E-state index in [-0.39, 0.29) is 16.9 Å². The normalized spacial score (nSPS) is 15.5. The summed E-state index contributed by atoms with van der Waals surface area (Å²) in [5, 5.41) is 7.77. The van der Waals surface area contributed by atoms with Gasteiger partial charge in [0.15, 0.2) is 0 Å². The number of ether oxygens (including phenoxy) is 1. The molecule has 0 bridgehead atoms. The number of nitrogens with one attached hydrogen (secondary N) is 1. The highest BCUT2D eigenvalue weighted by Crippen LogP contribution is 2.13. The highest BCUT2D eigenvalue weighted by Gasteiger charge is 2.22. The Balaban J connectivity index is 1.70. The summed E-state index contributed by atoms with van der Waals surface area (Å²) in [6.45, 7) is 7.50. The van der Waals surface area contributed by atoms with Crippen LogP contribution in [0.2, 0.25) is 0 Å². The first-order valence-corrected chi connectivity index (χ1v) is 10.8. The van der Waals surface area contributed by atoms with Crippen LogP contribution in [0, 0.1) is 5.92 Å². The summed E-state index contributed by atoms with van der Waals surface area (Å²) in [5.74, 6) is 0.141. The molecule has 1 aromatic rings. The average molecular weight is 413 g/mol. The highest BCUT2D eigenvalue weighted by atomic mass is 32.2. The third kappa shape index (κ3) is 7.10. The predicted molar refractivity (Wildman–Crippen MR) is 105 cm³/mol. The van der Waals surface area contributed by atoms with Crippen LogP contribution in [0.3, 0.4) is 0 Å². The minimum absolute atomic E-state index is 0.00436. The van der Waals surface area contributed by atoms with E-state index in [1.54, 1.807) is 4.90 Å². The van der Waals surface area contributed by atoms with Gasteiger partial charge in [-0.05, 0) is 30.2 Å². The topological polar surface area (TPSA) is 122 Å². The van der Waals surface area contributed by atoms with Gasteiger partial charge in [-0.1, -0.05) is 13.8 Å². The maximum atomic E-state index is 12.1. The number of nitrogens with two attached hydrogens (primary N) is 1. The van der Waals surface area contributed by atoms with Crippen LogP contribution in [0.1, 0.15) is 20.3 Å². The summed E-state index contributed by atoms with van der Waals surface area (Å²) >= 11 is 0. The molecule has 0 aliphatic carbocycles. The molecular formula is C18H28N4O5S. The number of hydrogen-bond donors (Lipinski definition) is 2. The third-order valence-electron chi connectivity index (χ3n) is 4.29. The Labute approximate surface area is 165 Å². The Kier molecular flexibility index (Phi) is 7.78. The molecule has 0 radical (unpaired) electrons. The zero-order valence-corrected chi connectivity index (χ0v) is 17.1.